The molecule has 3 atom stereocenters. The van der Waals surface area contributed by atoms with Gasteiger partial charge in [-0.05, 0) is 25.2 Å². The highest BCUT2D eigenvalue weighted by Gasteiger charge is 2.29. The third kappa shape index (κ3) is 8.74. The van der Waals surface area contributed by atoms with Gasteiger partial charge in [-0.2, -0.15) is 0 Å². The van der Waals surface area contributed by atoms with Crippen LogP contribution in [0.25, 0.3) is 0 Å². The second kappa shape index (κ2) is 11.7. The molecule has 0 bridgehead atoms. The van der Waals surface area contributed by atoms with Crippen molar-refractivity contribution in [1.29, 1.82) is 0 Å². The van der Waals surface area contributed by atoms with Crippen LogP contribution in [0.2, 0.25) is 0 Å². The SMILES string of the molecule is CCCOC(=O)C(C)NC(=O)C(NC(=O)OCC(C)C)C(C)CC. The lowest BCUT2D eigenvalue weighted by atomic mass is 9.98. The van der Waals surface area contributed by atoms with Crippen LogP contribution in [0, 0.1) is 11.8 Å². The number of amides is 2. The van der Waals surface area contributed by atoms with Crippen LogP contribution in [0.4, 0.5) is 4.79 Å². The smallest absolute Gasteiger partial charge is 0.407 e. The highest BCUT2D eigenvalue weighted by atomic mass is 16.5. The molecule has 0 aliphatic rings. The van der Waals surface area contributed by atoms with Crippen LogP contribution >= 0.6 is 0 Å². The van der Waals surface area contributed by atoms with Crippen LogP contribution in [-0.4, -0.2) is 43.3 Å². The van der Waals surface area contributed by atoms with Gasteiger partial charge in [0.15, 0.2) is 0 Å². The van der Waals surface area contributed by atoms with Crippen molar-refractivity contribution in [3.05, 3.63) is 0 Å². The van der Waals surface area contributed by atoms with Gasteiger partial charge in [0.05, 0.1) is 13.2 Å². The molecule has 2 amide bonds. The molecule has 0 aliphatic carbocycles. The molecule has 0 aromatic rings. The fourth-order valence-corrected chi connectivity index (χ4v) is 1.80. The van der Waals surface area contributed by atoms with E-state index in [4.69, 9.17) is 9.47 Å². The molecule has 3 unspecified atom stereocenters. The predicted octanol–water partition coefficient (Wildman–Crippen LogP) is 2.24. The minimum Gasteiger partial charge on any atom is -0.464 e. The Morgan fingerprint density at radius 3 is 2.08 bits per heavy atom. The van der Waals surface area contributed by atoms with E-state index in [0.29, 0.717) is 19.4 Å². The van der Waals surface area contributed by atoms with Crippen molar-refractivity contribution in [3.8, 4) is 0 Å². The van der Waals surface area contributed by atoms with Crippen molar-refractivity contribution in [2.24, 2.45) is 11.8 Å². The maximum absolute atomic E-state index is 12.4. The van der Waals surface area contributed by atoms with E-state index in [1.807, 2.05) is 34.6 Å². The molecule has 2 N–H and O–H groups in total. The van der Waals surface area contributed by atoms with Gasteiger partial charge in [0.1, 0.15) is 12.1 Å². The summed E-state index contributed by atoms with van der Waals surface area (Å²) in [4.78, 5) is 36.0. The first kappa shape index (κ1) is 22.2. The first-order chi connectivity index (χ1) is 11.2. The topological polar surface area (TPSA) is 93.7 Å². The molecule has 0 spiro atoms. The van der Waals surface area contributed by atoms with Gasteiger partial charge >= 0.3 is 12.1 Å². The minimum atomic E-state index is -0.774. The highest BCUT2D eigenvalue weighted by Crippen LogP contribution is 2.09. The Balaban J connectivity index is 4.71. The maximum Gasteiger partial charge on any atom is 0.407 e. The number of carbonyl (C=O) groups excluding carboxylic acids is 3. The molecule has 24 heavy (non-hydrogen) atoms. The molecule has 0 radical (unpaired) electrons. The number of rotatable bonds is 10. The molecule has 0 rings (SSSR count). The van der Waals surface area contributed by atoms with E-state index in [1.54, 1.807) is 6.92 Å². The Hall–Kier alpha value is -1.79. The molecule has 0 aromatic carbocycles. The molecule has 7 nitrogen and oxygen atoms in total. The number of esters is 1. The average Bonchev–Trinajstić information content (AvgIpc) is 2.54. The fourth-order valence-electron chi connectivity index (χ4n) is 1.80. The molecule has 7 heteroatoms. The predicted molar refractivity (Wildman–Crippen MR) is 91.4 cm³/mol. The first-order valence-electron chi connectivity index (χ1n) is 8.63. The van der Waals surface area contributed by atoms with Crippen molar-refractivity contribution in [3.63, 3.8) is 0 Å². The Kier molecular flexibility index (Phi) is 10.8. The Morgan fingerprint density at radius 2 is 1.58 bits per heavy atom. The molecular formula is C17H32N2O5. The van der Waals surface area contributed by atoms with Crippen LogP contribution in [0.3, 0.4) is 0 Å². The summed E-state index contributed by atoms with van der Waals surface area (Å²) >= 11 is 0. The summed E-state index contributed by atoms with van der Waals surface area (Å²) < 4.78 is 10.1. The van der Waals surface area contributed by atoms with Crippen LogP contribution < -0.4 is 10.6 Å². The largest absolute Gasteiger partial charge is 0.464 e. The van der Waals surface area contributed by atoms with Crippen molar-refractivity contribution >= 4 is 18.0 Å². The number of nitrogens with one attached hydrogen (secondary N) is 2. The summed E-state index contributed by atoms with van der Waals surface area (Å²) in [7, 11) is 0. The second-order valence-electron chi connectivity index (χ2n) is 6.40. The Bertz CT molecular complexity index is 412. The van der Waals surface area contributed by atoms with E-state index in [-0.39, 0.29) is 18.4 Å². The van der Waals surface area contributed by atoms with Crippen LogP contribution in [0.15, 0.2) is 0 Å². The van der Waals surface area contributed by atoms with Gasteiger partial charge in [-0.3, -0.25) is 4.79 Å². The van der Waals surface area contributed by atoms with Gasteiger partial charge < -0.3 is 20.1 Å². The summed E-state index contributed by atoms with van der Waals surface area (Å²) in [6, 6.07) is -1.54. The van der Waals surface area contributed by atoms with Gasteiger partial charge in [-0.25, -0.2) is 9.59 Å². The summed E-state index contributed by atoms with van der Waals surface area (Å²) in [5.74, 6) is -0.808. The Morgan fingerprint density at radius 1 is 0.958 bits per heavy atom. The molecule has 140 valence electrons. The summed E-state index contributed by atoms with van der Waals surface area (Å²) in [5.41, 5.74) is 0. The molecule has 0 fully saturated rings. The lowest BCUT2D eigenvalue weighted by molar-refractivity contribution is -0.147. The van der Waals surface area contributed by atoms with Crippen LogP contribution in [-0.2, 0) is 19.1 Å². The van der Waals surface area contributed by atoms with Gasteiger partial charge in [0, 0.05) is 0 Å². The van der Waals surface area contributed by atoms with E-state index >= 15 is 0 Å². The van der Waals surface area contributed by atoms with E-state index in [1.165, 1.54) is 0 Å². The number of ether oxygens (including phenoxy) is 2. The quantitative estimate of drug-likeness (QED) is 0.593. The molecule has 0 aliphatic heterocycles. The van der Waals surface area contributed by atoms with Crippen LogP contribution in [0.1, 0.15) is 54.4 Å². The van der Waals surface area contributed by atoms with Crippen LogP contribution in [0.5, 0.6) is 0 Å². The number of hydrogen-bond acceptors (Lipinski definition) is 5. The van der Waals surface area contributed by atoms with Crippen molar-refractivity contribution in [2.75, 3.05) is 13.2 Å². The third-order valence-electron chi connectivity index (χ3n) is 3.48. The summed E-state index contributed by atoms with van der Waals surface area (Å²) in [6.45, 7) is 11.7. The number of alkyl carbamates (subject to hydrolysis) is 1. The molecular weight excluding hydrogens is 312 g/mol. The van der Waals surface area contributed by atoms with E-state index in [2.05, 4.69) is 10.6 Å². The zero-order valence-electron chi connectivity index (χ0n) is 15.7. The Labute approximate surface area is 144 Å². The number of hydrogen-bond donors (Lipinski definition) is 2. The van der Waals surface area contributed by atoms with Crippen molar-refractivity contribution < 1.29 is 23.9 Å². The standard InChI is InChI=1S/C17H32N2O5/c1-7-9-23-16(21)13(6)18-15(20)14(12(5)8-2)19-17(22)24-10-11(3)4/h11-14H,7-10H2,1-6H3,(H,18,20)(H,19,22). The van der Waals surface area contributed by atoms with E-state index < -0.39 is 30.1 Å². The zero-order chi connectivity index (χ0) is 18.7. The van der Waals surface area contributed by atoms with Gasteiger partial charge in [0.2, 0.25) is 5.91 Å². The molecule has 0 heterocycles. The first-order valence-corrected chi connectivity index (χ1v) is 8.63. The van der Waals surface area contributed by atoms with Crippen molar-refractivity contribution in [2.45, 2.75) is 66.5 Å². The zero-order valence-corrected chi connectivity index (χ0v) is 15.7. The molecule has 0 saturated carbocycles. The lowest BCUT2D eigenvalue weighted by Crippen LogP contribution is -2.53. The summed E-state index contributed by atoms with van der Waals surface area (Å²) in [5, 5.41) is 5.18. The lowest BCUT2D eigenvalue weighted by Gasteiger charge is -2.24. The third-order valence-corrected chi connectivity index (χ3v) is 3.48. The van der Waals surface area contributed by atoms with E-state index in [9.17, 15) is 14.4 Å². The van der Waals surface area contributed by atoms with E-state index in [0.717, 1.165) is 0 Å². The second-order valence-corrected chi connectivity index (χ2v) is 6.40. The van der Waals surface area contributed by atoms with Crippen molar-refractivity contribution in [1.82, 2.24) is 10.6 Å². The fraction of sp³-hybridized carbons (Fsp3) is 0.824. The highest BCUT2D eigenvalue weighted by molar-refractivity contribution is 5.89. The summed E-state index contributed by atoms with van der Waals surface area (Å²) in [6.07, 6.45) is 0.771. The average molecular weight is 344 g/mol. The molecule has 0 saturated heterocycles. The molecule has 0 aromatic heterocycles. The normalized spacial score (nSPS) is 14.5. The number of carbonyl (C=O) groups is 3. The van der Waals surface area contributed by atoms with Gasteiger partial charge in [-0.15, -0.1) is 0 Å². The maximum atomic E-state index is 12.4. The van der Waals surface area contributed by atoms with Gasteiger partial charge in [-0.1, -0.05) is 41.0 Å². The monoisotopic (exact) mass is 344 g/mol. The van der Waals surface area contributed by atoms with Gasteiger partial charge in [0.25, 0.3) is 0 Å². The minimum absolute atomic E-state index is 0.101.